The van der Waals surface area contributed by atoms with E-state index in [4.69, 9.17) is 18.2 Å². The normalized spacial score (nSPS) is 24.8. The maximum absolute atomic E-state index is 13.8. The predicted molar refractivity (Wildman–Crippen MR) is 94.1 cm³/mol. The molecule has 1 N–H and O–H groups in total. The molecule has 1 heterocycles. The van der Waals surface area contributed by atoms with E-state index in [1.54, 1.807) is 6.07 Å². The molecule has 0 atom stereocenters. The molecule has 1 aromatic carbocycles. The van der Waals surface area contributed by atoms with Crippen molar-refractivity contribution in [3.05, 3.63) is 23.8 Å². The van der Waals surface area contributed by atoms with Crippen molar-refractivity contribution in [1.29, 1.82) is 0 Å². The van der Waals surface area contributed by atoms with Crippen LogP contribution in [0.4, 0.5) is 4.39 Å². The highest BCUT2D eigenvalue weighted by Gasteiger charge is 2.51. The zero-order valence-electron chi connectivity index (χ0n) is 17.9. The molecule has 1 aliphatic heterocycles. The van der Waals surface area contributed by atoms with Crippen molar-refractivity contribution in [3.63, 3.8) is 0 Å². The second-order valence-corrected chi connectivity index (χ2v) is 7.78. The molecule has 136 valence electrons. The van der Waals surface area contributed by atoms with Crippen LogP contribution >= 0.6 is 0 Å². The predicted octanol–water partition coefficient (Wildman–Crippen LogP) is 2.23. The molecular formula is C18H25BFNO4. The molecule has 1 aliphatic carbocycles. The van der Waals surface area contributed by atoms with E-state index in [1.807, 2.05) is 27.7 Å². The Balaban J connectivity index is 1.86. The van der Waals surface area contributed by atoms with Crippen LogP contribution in [-0.4, -0.2) is 43.5 Å². The van der Waals surface area contributed by atoms with Gasteiger partial charge in [-0.25, -0.2) is 4.39 Å². The fourth-order valence-corrected chi connectivity index (χ4v) is 2.58. The summed E-state index contributed by atoms with van der Waals surface area (Å²) in [6.07, 6.45) is 0.819. The van der Waals surface area contributed by atoms with Gasteiger partial charge in [0.05, 0.1) is 34.5 Å². The molecule has 0 unspecified atom stereocenters. The molecule has 1 aromatic rings. The molecule has 5 nitrogen and oxygen atoms in total. The average molecular weight is 352 g/mol. The summed E-state index contributed by atoms with van der Waals surface area (Å²) in [5.41, 5.74) is -1.96. The summed E-state index contributed by atoms with van der Waals surface area (Å²) in [4.78, 5) is 12.5. The van der Waals surface area contributed by atoms with Gasteiger partial charge in [0.1, 0.15) is 11.4 Å². The number of rotatable bonds is 5. The van der Waals surface area contributed by atoms with Gasteiger partial charge in [0.15, 0.2) is 0 Å². The zero-order valence-corrected chi connectivity index (χ0v) is 14.9. The van der Waals surface area contributed by atoms with Gasteiger partial charge < -0.3 is 19.4 Å². The molecule has 1 saturated carbocycles. The fourth-order valence-electron chi connectivity index (χ4n) is 2.58. The van der Waals surface area contributed by atoms with Gasteiger partial charge in [0.25, 0.3) is 5.91 Å². The number of methoxy groups -OCH3 is 1. The van der Waals surface area contributed by atoms with Gasteiger partial charge >= 0.3 is 7.12 Å². The van der Waals surface area contributed by atoms with Crippen LogP contribution in [0.15, 0.2) is 18.2 Å². The number of alkyl halides is 1. The number of amides is 1. The first-order valence-electron chi connectivity index (χ1n) is 9.87. The van der Waals surface area contributed by atoms with Crippen LogP contribution in [0.5, 0.6) is 5.75 Å². The summed E-state index contributed by atoms with van der Waals surface area (Å²) >= 11 is 0. The Morgan fingerprint density at radius 2 is 1.96 bits per heavy atom. The minimum atomic E-state index is -2.75. The lowest BCUT2D eigenvalue weighted by Crippen LogP contribution is -2.41. The summed E-state index contributed by atoms with van der Waals surface area (Å²) < 4.78 is 52.9. The average Bonchev–Trinajstić information content (AvgIpc) is 3.22. The van der Waals surface area contributed by atoms with Crippen LogP contribution in [0.1, 0.15) is 55.0 Å². The molecule has 0 bridgehead atoms. The van der Waals surface area contributed by atoms with E-state index in [-0.39, 0.29) is 17.9 Å². The van der Waals surface area contributed by atoms with Crippen LogP contribution < -0.4 is 15.5 Å². The number of carbonyl (C=O) groups is 1. The lowest BCUT2D eigenvalue weighted by atomic mass is 9.78. The summed E-state index contributed by atoms with van der Waals surface area (Å²) in [7, 11) is -3.48. The first-order chi connectivity index (χ1) is 12.7. The highest BCUT2D eigenvalue weighted by atomic mass is 19.1. The van der Waals surface area contributed by atoms with Crippen LogP contribution in [0.3, 0.4) is 0 Å². The third-order valence-corrected chi connectivity index (χ3v) is 5.24. The van der Waals surface area contributed by atoms with Crippen LogP contribution in [-0.2, 0) is 9.31 Å². The van der Waals surface area contributed by atoms with E-state index in [2.05, 4.69) is 5.32 Å². The molecule has 7 heteroatoms. The minimum Gasteiger partial charge on any atom is -0.496 e. The topological polar surface area (TPSA) is 56.8 Å². The van der Waals surface area contributed by atoms with Gasteiger partial charge in [-0.15, -0.1) is 0 Å². The maximum atomic E-state index is 13.8. The van der Waals surface area contributed by atoms with Crippen molar-refractivity contribution in [2.75, 3.05) is 13.6 Å². The Morgan fingerprint density at radius 1 is 1.32 bits per heavy atom. The SMILES string of the molecule is [2H]C([2H])([2H])Oc1cc(B2OC(C)(C)C(C)(C)O2)ccc1C(=O)NCC1(F)CC1. The van der Waals surface area contributed by atoms with Crippen molar-refractivity contribution >= 4 is 18.5 Å². The molecule has 0 aromatic heterocycles. The quantitative estimate of drug-likeness (QED) is 0.826. The Kier molecular flexibility index (Phi) is 3.49. The number of carbonyl (C=O) groups excluding carboxylic acids is 1. The Bertz CT molecular complexity index is 765. The van der Waals surface area contributed by atoms with Crippen molar-refractivity contribution in [1.82, 2.24) is 5.32 Å². The fraction of sp³-hybridized carbons (Fsp3) is 0.611. The highest BCUT2D eigenvalue weighted by molar-refractivity contribution is 6.62. The van der Waals surface area contributed by atoms with E-state index in [0.29, 0.717) is 18.3 Å². The molecule has 2 fully saturated rings. The maximum Gasteiger partial charge on any atom is 0.494 e. The molecule has 0 spiro atoms. The second-order valence-electron chi connectivity index (χ2n) is 7.78. The zero-order chi connectivity index (χ0) is 21.0. The van der Waals surface area contributed by atoms with Gasteiger partial charge in [-0.05, 0) is 58.1 Å². The van der Waals surface area contributed by atoms with E-state index >= 15 is 0 Å². The van der Waals surface area contributed by atoms with E-state index in [1.165, 1.54) is 12.1 Å². The summed E-state index contributed by atoms with van der Waals surface area (Å²) in [6.45, 7) is 7.50. The standard InChI is InChI=1S/C18H25BFNO4/c1-16(2)17(3,4)25-19(24-16)12-6-7-13(14(10-12)23-5)15(22)21-11-18(20)8-9-18/h6-7,10H,8-9,11H2,1-5H3,(H,21,22)/i5D3. The van der Waals surface area contributed by atoms with E-state index in [9.17, 15) is 9.18 Å². The van der Waals surface area contributed by atoms with Crippen LogP contribution in [0, 0.1) is 0 Å². The number of hydrogen-bond donors (Lipinski definition) is 1. The van der Waals surface area contributed by atoms with E-state index < -0.39 is 36.9 Å². The second kappa shape index (κ2) is 5.99. The highest BCUT2D eigenvalue weighted by Crippen LogP contribution is 2.39. The number of ether oxygens (including phenoxy) is 1. The Morgan fingerprint density at radius 3 is 2.52 bits per heavy atom. The molecule has 0 radical (unpaired) electrons. The number of halogens is 1. The van der Waals surface area contributed by atoms with Crippen molar-refractivity contribution in [3.8, 4) is 5.75 Å². The lowest BCUT2D eigenvalue weighted by Gasteiger charge is -2.32. The van der Waals surface area contributed by atoms with Gasteiger partial charge in [-0.1, -0.05) is 6.07 Å². The van der Waals surface area contributed by atoms with Gasteiger partial charge in [0.2, 0.25) is 0 Å². The van der Waals surface area contributed by atoms with Crippen molar-refractivity contribution in [2.24, 2.45) is 0 Å². The molecule has 2 aliphatic rings. The smallest absolute Gasteiger partial charge is 0.494 e. The largest absolute Gasteiger partial charge is 0.496 e. The summed E-state index contributed by atoms with van der Waals surface area (Å²) in [6, 6.07) is 4.48. The molecular weight excluding hydrogens is 324 g/mol. The number of benzene rings is 1. The van der Waals surface area contributed by atoms with E-state index in [0.717, 1.165) is 0 Å². The molecule has 3 rings (SSSR count). The van der Waals surface area contributed by atoms with Gasteiger partial charge in [-0.3, -0.25) is 4.79 Å². The third-order valence-electron chi connectivity index (χ3n) is 5.24. The van der Waals surface area contributed by atoms with Gasteiger partial charge in [-0.2, -0.15) is 0 Å². The third kappa shape index (κ3) is 3.53. The first-order valence-corrected chi connectivity index (χ1v) is 8.37. The molecule has 1 saturated heterocycles. The monoisotopic (exact) mass is 352 g/mol. The Hall–Kier alpha value is -1.60. The lowest BCUT2D eigenvalue weighted by molar-refractivity contribution is 0.00578. The van der Waals surface area contributed by atoms with Crippen LogP contribution in [0.2, 0.25) is 0 Å². The van der Waals surface area contributed by atoms with Gasteiger partial charge in [0, 0.05) is 0 Å². The van der Waals surface area contributed by atoms with Crippen LogP contribution in [0.25, 0.3) is 0 Å². The van der Waals surface area contributed by atoms with Crippen molar-refractivity contribution in [2.45, 2.75) is 57.4 Å². The summed E-state index contributed by atoms with van der Waals surface area (Å²) in [5, 5.41) is 2.50. The molecule has 1 amide bonds. The van der Waals surface area contributed by atoms with Crippen molar-refractivity contribution < 1.29 is 27.3 Å². The minimum absolute atomic E-state index is 0.0145. The number of hydrogen-bond acceptors (Lipinski definition) is 4. The molecule has 25 heavy (non-hydrogen) atoms. The first kappa shape index (κ1) is 14.6. The number of nitrogens with one attached hydrogen (secondary N) is 1. The Labute approximate surface area is 152 Å². The summed E-state index contributed by atoms with van der Waals surface area (Å²) in [5.74, 6) is -0.725.